The zero-order chi connectivity index (χ0) is 14.8. The molecule has 2 aliphatic rings. The molecule has 0 unspecified atom stereocenters. The van der Waals surface area contributed by atoms with Crippen molar-refractivity contribution in [1.29, 1.82) is 0 Å². The smallest absolute Gasteiger partial charge is 0.131 e. The summed E-state index contributed by atoms with van der Waals surface area (Å²) < 4.78 is 27.9. The molecule has 0 atom stereocenters. The van der Waals surface area contributed by atoms with Gasteiger partial charge in [-0.2, -0.15) is 0 Å². The molecule has 0 saturated carbocycles. The third-order valence-corrected chi connectivity index (χ3v) is 4.19. The molecule has 1 spiro atoms. The number of hydrogen-bond acceptors (Lipinski definition) is 2. The second-order valence-electron chi connectivity index (χ2n) is 5.25. The van der Waals surface area contributed by atoms with Gasteiger partial charge in [0.25, 0.3) is 0 Å². The molecule has 4 rings (SSSR count). The van der Waals surface area contributed by atoms with Gasteiger partial charge in [-0.3, -0.25) is 0 Å². The van der Waals surface area contributed by atoms with Gasteiger partial charge in [-0.15, -0.1) is 0 Å². The largest absolute Gasteiger partial charge is 0.508 e. The van der Waals surface area contributed by atoms with Crippen LogP contribution < -0.4 is 0 Å². The Morgan fingerprint density at radius 3 is 1.57 bits per heavy atom. The molecule has 0 aromatic heterocycles. The summed E-state index contributed by atoms with van der Waals surface area (Å²) in [6.07, 6.45) is 6.44. The van der Waals surface area contributed by atoms with Crippen LogP contribution in [0.3, 0.4) is 0 Å². The lowest BCUT2D eigenvalue weighted by atomic mass is 9.77. The molecular formula is C17H10F2O2. The number of rotatable bonds is 0. The fourth-order valence-corrected chi connectivity index (χ4v) is 3.30. The third kappa shape index (κ3) is 1.34. The average Bonchev–Trinajstić information content (AvgIpc) is 3.04. The quantitative estimate of drug-likeness (QED) is 0.774. The van der Waals surface area contributed by atoms with Gasteiger partial charge in [0.15, 0.2) is 0 Å². The minimum atomic E-state index is -1.02. The molecule has 0 fully saturated rings. The predicted octanol–water partition coefficient (Wildman–Crippen LogP) is 3.72. The number of hydrogen-bond donors (Lipinski definition) is 2. The van der Waals surface area contributed by atoms with E-state index >= 15 is 0 Å². The first-order chi connectivity index (χ1) is 10.0. The number of fused-ring (bicyclic) bond motifs is 4. The van der Waals surface area contributed by atoms with Crippen molar-refractivity contribution in [2.24, 2.45) is 0 Å². The van der Waals surface area contributed by atoms with Gasteiger partial charge >= 0.3 is 0 Å². The molecule has 2 nitrogen and oxygen atoms in total. The minimum Gasteiger partial charge on any atom is -0.508 e. The van der Waals surface area contributed by atoms with Gasteiger partial charge in [-0.05, 0) is 24.3 Å². The first-order valence-corrected chi connectivity index (χ1v) is 6.47. The molecule has 0 heterocycles. The summed E-state index contributed by atoms with van der Waals surface area (Å²) >= 11 is 0. The van der Waals surface area contributed by atoms with Crippen LogP contribution in [0, 0.1) is 11.6 Å². The number of phenolic OH excluding ortho intramolecular Hbond substituents is 2. The molecule has 0 bridgehead atoms. The van der Waals surface area contributed by atoms with E-state index in [-0.39, 0.29) is 22.6 Å². The van der Waals surface area contributed by atoms with Crippen molar-refractivity contribution < 1.29 is 19.0 Å². The molecule has 2 aromatic carbocycles. The van der Waals surface area contributed by atoms with E-state index in [2.05, 4.69) is 0 Å². The van der Waals surface area contributed by atoms with E-state index in [9.17, 15) is 19.0 Å². The van der Waals surface area contributed by atoms with Gasteiger partial charge in [0.2, 0.25) is 0 Å². The molecule has 2 N–H and O–H groups in total. The second-order valence-corrected chi connectivity index (χ2v) is 5.25. The van der Waals surface area contributed by atoms with Gasteiger partial charge in [0.1, 0.15) is 23.1 Å². The molecule has 2 aromatic rings. The topological polar surface area (TPSA) is 40.5 Å². The highest BCUT2D eigenvalue weighted by Crippen LogP contribution is 2.54. The van der Waals surface area contributed by atoms with E-state index in [4.69, 9.17) is 0 Å². The highest BCUT2D eigenvalue weighted by atomic mass is 19.1. The Balaban J connectivity index is 2.11. The SMILES string of the molecule is Oc1ccc(F)c2c1C1(C=C2)C=Cc2c(F)ccc(O)c21. The second kappa shape index (κ2) is 3.73. The van der Waals surface area contributed by atoms with Crippen molar-refractivity contribution in [3.05, 3.63) is 70.3 Å². The summed E-state index contributed by atoms with van der Waals surface area (Å²) in [5.74, 6) is -1.10. The molecule has 104 valence electrons. The van der Waals surface area contributed by atoms with Crippen LogP contribution in [0.4, 0.5) is 8.78 Å². The maximum Gasteiger partial charge on any atom is 0.131 e. The molecule has 0 radical (unpaired) electrons. The van der Waals surface area contributed by atoms with Gasteiger partial charge in [-0.1, -0.05) is 24.3 Å². The monoisotopic (exact) mass is 284 g/mol. The van der Waals surface area contributed by atoms with Crippen molar-refractivity contribution in [1.82, 2.24) is 0 Å². The molecule has 21 heavy (non-hydrogen) atoms. The van der Waals surface area contributed by atoms with Crippen LogP contribution in [0.25, 0.3) is 12.2 Å². The Bertz CT molecular complexity index is 779. The zero-order valence-corrected chi connectivity index (χ0v) is 10.8. The van der Waals surface area contributed by atoms with E-state index in [0.717, 1.165) is 0 Å². The highest BCUT2D eigenvalue weighted by Gasteiger charge is 2.44. The first kappa shape index (κ1) is 12.1. The van der Waals surface area contributed by atoms with Gasteiger partial charge in [0, 0.05) is 22.3 Å². The molecule has 0 amide bonds. The van der Waals surface area contributed by atoms with Crippen LogP contribution in [0.5, 0.6) is 11.5 Å². The summed E-state index contributed by atoms with van der Waals surface area (Å²) in [6, 6.07) is 4.90. The van der Waals surface area contributed by atoms with Crippen LogP contribution in [-0.4, -0.2) is 10.2 Å². The van der Waals surface area contributed by atoms with E-state index < -0.39 is 17.0 Å². The lowest BCUT2D eigenvalue weighted by Gasteiger charge is -2.25. The van der Waals surface area contributed by atoms with Gasteiger partial charge in [-0.25, -0.2) is 8.78 Å². The van der Waals surface area contributed by atoms with Gasteiger partial charge < -0.3 is 10.2 Å². The van der Waals surface area contributed by atoms with Crippen LogP contribution in [0.2, 0.25) is 0 Å². The average molecular weight is 284 g/mol. The lowest BCUT2D eigenvalue weighted by Crippen LogP contribution is -2.19. The van der Waals surface area contributed by atoms with E-state index in [0.29, 0.717) is 11.1 Å². The highest BCUT2D eigenvalue weighted by molar-refractivity contribution is 5.83. The Morgan fingerprint density at radius 1 is 0.714 bits per heavy atom. The number of aromatic hydroxyl groups is 2. The summed E-state index contributed by atoms with van der Waals surface area (Å²) in [4.78, 5) is 0. The summed E-state index contributed by atoms with van der Waals surface area (Å²) in [5, 5.41) is 20.3. The Kier molecular flexibility index (Phi) is 2.15. The van der Waals surface area contributed by atoms with Crippen molar-refractivity contribution in [2.45, 2.75) is 5.41 Å². The van der Waals surface area contributed by atoms with Crippen LogP contribution >= 0.6 is 0 Å². The molecule has 4 heteroatoms. The molecule has 0 saturated heterocycles. The molecular weight excluding hydrogens is 274 g/mol. The third-order valence-electron chi connectivity index (χ3n) is 4.19. The summed E-state index contributed by atoms with van der Waals surface area (Å²) in [7, 11) is 0. The number of allylic oxidation sites excluding steroid dienone is 2. The van der Waals surface area contributed by atoms with E-state index in [1.54, 1.807) is 24.3 Å². The molecule has 2 aliphatic carbocycles. The fourth-order valence-electron chi connectivity index (χ4n) is 3.30. The standard InChI is InChI=1S/C17H10F2O2/c18-11-1-3-13(20)15-9(11)5-7-17(15)8-6-10-12(19)2-4-14(21)16(10)17/h1-8,20-21H. The number of phenols is 2. The van der Waals surface area contributed by atoms with Gasteiger partial charge in [0.05, 0.1) is 5.41 Å². The number of benzene rings is 2. The Morgan fingerprint density at radius 2 is 1.14 bits per heavy atom. The minimum absolute atomic E-state index is 0.0856. The van der Waals surface area contributed by atoms with Crippen molar-refractivity contribution in [2.75, 3.05) is 0 Å². The normalized spacial score (nSPS) is 16.5. The molecule has 0 aliphatic heterocycles. The Labute approximate surface area is 119 Å². The van der Waals surface area contributed by atoms with Crippen molar-refractivity contribution in [3.63, 3.8) is 0 Å². The predicted molar refractivity (Wildman–Crippen MR) is 75.0 cm³/mol. The van der Waals surface area contributed by atoms with E-state index in [1.165, 1.54) is 24.3 Å². The maximum atomic E-state index is 13.9. The number of halogens is 2. The van der Waals surface area contributed by atoms with Crippen molar-refractivity contribution in [3.8, 4) is 11.5 Å². The van der Waals surface area contributed by atoms with Crippen LogP contribution in [-0.2, 0) is 5.41 Å². The summed E-state index contributed by atoms with van der Waals surface area (Å²) in [6.45, 7) is 0. The van der Waals surface area contributed by atoms with Crippen LogP contribution in [0.1, 0.15) is 22.3 Å². The van der Waals surface area contributed by atoms with Crippen molar-refractivity contribution >= 4 is 12.2 Å². The lowest BCUT2D eigenvalue weighted by molar-refractivity contribution is 0.449. The summed E-state index contributed by atoms with van der Waals surface area (Å²) in [5.41, 5.74) is 0.160. The van der Waals surface area contributed by atoms with E-state index in [1.807, 2.05) is 0 Å². The fraction of sp³-hybridized carbons (Fsp3) is 0.0588. The Hall–Kier alpha value is -2.62. The zero-order valence-electron chi connectivity index (χ0n) is 10.8. The maximum absolute atomic E-state index is 13.9. The first-order valence-electron chi connectivity index (χ1n) is 6.47. The van der Waals surface area contributed by atoms with Crippen LogP contribution in [0.15, 0.2) is 36.4 Å².